The maximum atomic E-state index is 13.1. The highest BCUT2D eigenvalue weighted by Gasteiger charge is 2.67. The number of non-ortho nitro benzene ring substituents is 1. The number of allylic oxidation sites excluding steroid dienone is 2. The zero-order chi connectivity index (χ0) is 21.3. The van der Waals surface area contributed by atoms with Crippen molar-refractivity contribution in [3.8, 4) is 0 Å². The van der Waals surface area contributed by atoms with Crippen molar-refractivity contribution in [3.63, 3.8) is 0 Å². The summed E-state index contributed by atoms with van der Waals surface area (Å²) in [6.45, 7) is 2.45. The summed E-state index contributed by atoms with van der Waals surface area (Å²) in [5, 5.41) is 16.6. The third-order valence-electron chi connectivity index (χ3n) is 7.53. The van der Waals surface area contributed by atoms with Crippen molar-refractivity contribution in [1.29, 1.82) is 0 Å². The molecule has 7 rings (SSSR count). The van der Waals surface area contributed by atoms with E-state index in [0.29, 0.717) is 43.7 Å². The molecular weight excluding hydrogens is 400 g/mol. The van der Waals surface area contributed by atoms with E-state index in [2.05, 4.69) is 22.2 Å². The van der Waals surface area contributed by atoms with Gasteiger partial charge in [0.1, 0.15) is 0 Å². The first-order valence-electron chi connectivity index (χ1n) is 10.8. The van der Waals surface area contributed by atoms with Crippen LogP contribution in [-0.2, 0) is 14.3 Å². The molecule has 4 fully saturated rings. The van der Waals surface area contributed by atoms with Gasteiger partial charge in [-0.2, -0.15) is 10.1 Å². The molecule has 4 aliphatic carbocycles. The average Bonchev–Trinajstić information content (AvgIpc) is 3.57. The van der Waals surface area contributed by atoms with Crippen molar-refractivity contribution in [3.05, 3.63) is 46.0 Å². The normalized spacial score (nSPS) is 35.6. The van der Waals surface area contributed by atoms with E-state index in [0.717, 1.165) is 17.1 Å². The molecule has 6 aliphatic rings. The van der Waals surface area contributed by atoms with Crippen LogP contribution in [0.4, 0.5) is 11.4 Å². The zero-order valence-electron chi connectivity index (χ0n) is 16.8. The summed E-state index contributed by atoms with van der Waals surface area (Å²) >= 11 is 0. The monoisotopic (exact) mass is 422 g/mol. The van der Waals surface area contributed by atoms with Gasteiger partial charge in [-0.25, -0.2) is 0 Å². The van der Waals surface area contributed by atoms with Gasteiger partial charge in [0, 0.05) is 36.5 Å². The molecule has 2 saturated heterocycles. The SMILES string of the molecule is O=C1[C@@H]2[C@H]3C=C[C@@H]([C@@H]4C[C@H]34)[C@H]2C(=O)N1/N=C\c1cc([N+](=O)[O-])ccc1N1CCOCC1. The molecule has 2 bridgehead atoms. The lowest BCUT2D eigenvalue weighted by Crippen LogP contribution is -2.40. The standard InChI is InChI=1S/C22H22N4O5/c27-21-19-14-2-3-15(17-10-16(14)17)20(19)22(28)25(21)23-11-12-9-13(26(29)30)1-4-18(12)24-5-7-31-8-6-24/h1-4,9,11,14-17,19-20H,5-8,10H2/b23-11-/t14-,15-,16-,17+,19+,20+/m0/s1. The second kappa shape index (κ2) is 6.71. The maximum absolute atomic E-state index is 13.1. The van der Waals surface area contributed by atoms with Crippen LogP contribution < -0.4 is 4.90 Å². The Labute approximate surface area is 178 Å². The molecule has 2 aliphatic heterocycles. The quantitative estimate of drug-likeness (QED) is 0.241. The molecule has 2 amide bonds. The van der Waals surface area contributed by atoms with Crippen molar-refractivity contribution in [2.75, 3.05) is 31.2 Å². The van der Waals surface area contributed by atoms with Crippen LogP contribution in [0.25, 0.3) is 0 Å². The minimum absolute atomic E-state index is 0.0615. The highest BCUT2D eigenvalue weighted by atomic mass is 16.6. The smallest absolute Gasteiger partial charge is 0.270 e. The van der Waals surface area contributed by atoms with Crippen LogP contribution in [0.2, 0.25) is 0 Å². The van der Waals surface area contributed by atoms with Gasteiger partial charge < -0.3 is 9.64 Å². The first-order valence-corrected chi connectivity index (χ1v) is 10.8. The predicted octanol–water partition coefficient (Wildman–Crippen LogP) is 1.82. The number of carbonyl (C=O) groups excluding carboxylic acids is 2. The summed E-state index contributed by atoms with van der Waals surface area (Å²) in [7, 11) is 0. The van der Waals surface area contributed by atoms with Crippen molar-refractivity contribution in [1.82, 2.24) is 5.01 Å². The Morgan fingerprint density at radius 2 is 1.71 bits per heavy atom. The highest BCUT2D eigenvalue weighted by molar-refractivity contribution is 6.07. The Morgan fingerprint density at radius 1 is 1.06 bits per heavy atom. The Bertz CT molecular complexity index is 1010. The minimum Gasteiger partial charge on any atom is -0.378 e. The van der Waals surface area contributed by atoms with Crippen LogP contribution >= 0.6 is 0 Å². The summed E-state index contributed by atoms with van der Waals surface area (Å²) in [5.74, 6) is 0.225. The van der Waals surface area contributed by atoms with Gasteiger partial charge in [0.15, 0.2) is 0 Å². The number of morpholine rings is 1. The molecule has 2 heterocycles. The lowest BCUT2D eigenvalue weighted by Gasteiger charge is -2.37. The summed E-state index contributed by atoms with van der Waals surface area (Å²) in [6.07, 6.45) is 6.77. The lowest BCUT2D eigenvalue weighted by atomic mass is 9.63. The molecule has 0 unspecified atom stereocenters. The van der Waals surface area contributed by atoms with Gasteiger partial charge in [-0.3, -0.25) is 19.7 Å². The van der Waals surface area contributed by atoms with Crippen LogP contribution in [0, 0.1) is 45.6 Å². The van der Waals surface area contributed by atoms with Crippen LogP contribution in [0.15, 0.2) is 35.5 Å². The zero-order valence-corrected chi connectivity index (χ0v) is 16.8. The fraction of sp³-hybridized carbons (Fsp3) is 0.500. The summed E-state index contributed by atoms with van der Waals surface area (Å²) < 4.78 is 5.40. The molecule has 0 radical (unpaired) electrons. The lowest BCUT2D eigenvalue weighted by molar-refractivity contribution is -0.384. The Balaban J connectivity index is 1.32. The van der Waals surface area contributed by atoms with Gasteiger partial charge in [0.05, 0.1) is 36.2 Å². The van der Waals surface area contributed by atoms with Crippen LogP contribution in [0.3, 0.4) is 0 Å². The van der Waals surface area contributed by atoms with Crippen LogP contribution in [-0.4, -0.2) is 54.3 Å². The van der Waals surface area contributed by atoms with E-state index in [1.165, 1.54) is 18.3 Å². The van der Waals surface area contributed by atoms with Crippen molar-refractivity contribution in [2.45, 2.75) is 6.42 Å². The van der Waals surface area contributed by atoms with Gasteiger partial charge in [-0.1, -0.05) is 12.2 Å². The summed E-state index contributed by atoms with van der Waals surface area (Å²) in [4.78, 5) is 39.1. The van der Waals surface area contributed by atoms with Gasteiger partial charge in [0.2, 0.25) is 0 Å². The topological polar surface area (TPSA) is 105 Å². The number of hydrogen-bond donors (Lipinski definition) is 0. The van der Waals surface area contributed by atoms with E-state index in [4.69, 9.17) is 4.74 Å². The van der Waals surface area contributed by atoms with Gasteiger partial charge >= 0.3 is 0 Å². The second-order valence-electron chi connectivity index (χ2n) is 8.99. The Hall–Kier alpha value is -3.07. The number of hydrazone groups is 1. The maximum Gasteiger partial charge on any atom is 0.270 e. The molecule has 9 nitrogen and oxygen atoms in total. The van der Waals surface area contributed by atoms with Crippen LogP contribution in [0.1, 0.15) is 12.0 Å². The molecule has 0 spiro atoms. The molecule has 2 saturated carbocycles. The number of rotatable bonds is 4. The minimum atomic E-state index is -0.462. The van der Waals surface area contributed by atoms with Crippen LogP contribution in [0.5, 0.6) is 0 Å². The number of amides is 2. The first kappa shape index (κ1) is 18.7. The van der Waals surface area contributed by atoms with E-state index in [1.54, 1.807) is 6.07 Å². The Kier molecular flexibility index (Phi) is 4.05. The molecule has 1 aromatic rings. The van der Waals surface area contributed by atoms with E-state index < -0.39 is 4.92 Å². The number of carbonyl (C=O) groups is 2. The third-order valence-corrected chi connectivity index (χ3v) is 7.53. The van der Waals surface area contributed by atoms with E-state index in [9.17, 15) is 19.7 Å². The van der Waals surface area contributed by atoms with Gasteiger partial charge in [-0.05, 0) is 36.2 Å². The number of nitro groups is 1. The predicted molar refractivity (Wildman–Crippen MR) is 110 cm³/mol. The molecule has 0 N–H and O–H groups in total. The number of nitro benzene ring substituents is 1. The van der Waals surface area contributed by atoms with Gasteiger partial charge in [0.25, 0.3) is 17.5 Å². The first-order chi connectivity index (χ1) is 15.0. The Morgan fingerprint density at radius 3 is 2.32 bits per heavy atom. The van der Waals surface area contributed by atoms with E-state index in [-0.39, 0.29) is 41.2 Å². The molecule has 160 valence electrons. The molecule has 0 aromatic heterocycles. The van der Waals surface area contributed by atoms with Crippen molar-refractivity contribution >= 4 is 29.4 Å². The largest absolute Gasteiger partial charge is 0.378 e. The molecule has 31 heavy (non-hydrogen) atoms. The number of hydrogen-bond acceptors (Lipinski definition) is 7. The average molecular weight is 422 g/mol. The number of ether oxygens (including phenoxy) is 1. The summed E-state index contributed by atoms with van der Waals surface area (Å²) in [5.41, 5.74) is 1.22. The third kappa shape index (κ3) is 2.76. The molecule has 1 aromatic carbocycles. The highest BCUT2D eigenvalue weighted by Crippen LogP contribution is 2.65. The number of imide groups is 1. The fourth-order valence-corrected chi connectivity index (χ4v) is 6.03. The van der Waals surface area contributed by atoms with E-state index in [1.807, 2.05) is 0 Å². The van der Waals surface area contributed by atoms with Gasteiger partial charge in [-0.15, -0.1) is 0 Å². The van der Waals surface area contributed by atoms with E-state index >= 15 is 0 Å². The molecule has 9 heteroatoms. The van der Waals surface area contributed by atoms with Crippen molar-refractivity contribution < 1.29 is 19.2 Å². The number of nitrogens with zero attached hydrogens (tertiary/aromatic N) is 4. The van der Waals surface area contributed by atoms with Crippen molar-refractivity contribution in [2.24, 2.45) is 40.6 Å². The summed E-state index contributed by atoms with van der Waals surface area (Å²) in [6, 6.07) is 4.58. The number of anilines is 1. The molecule has 6 atom stereocenters. The molecular formula is C22H22N4O5. The fourth-order valence-electron chi connectivity index (χ4n) is 6.03. The number of benzene rings is 1. The second-order valence-corrected chi connectivity index (χ2v) is 8.99.